The summed E-state index contributed by atoms with van der Waals surface area (Å²) in [4.78, 5) is 44.2. The summed E-state index contributed by atoms with van der Waals surface area (Å²) in [6.07, 6.45) is -0.510. The summed E-state index contributed by atoms with van der Waals surface area (Å²) in [6, 6.07) is 22.0. The minimum absolute atomic E-state index is 0.103. The third kappa shape index (κ3) is 6.09. The quantitative estimate of drug-likeness (QED) is 0.250. The Bertz CT molecular complexity index is 1800. The second-order valence-corrected chi connectivity index (χ2v) is 12.0. The van der Waals surface area contributed by atoms with E-state index in [0.717, 1.165) is 21.9 Å². The lowest BCUT2D eigenvalue weighted by Crippen LogP contribution is -2.65. The first-order chi connectivity index (χ1) is 21.6. The van der Waals surface area contributed by atoms with Gasteiger partial charge in [-0.25, -0.2) is 4.79 Å². The summed E-state index contributed by atoms with van der Waals surface area (Å²) in [7, 11) is 1.58. The van der Waals surface area contributed by atoms with Crippen LogP contribution in [0.2, 0.25) is 10.0 Å². The largest absolute Gasteiger partial charge is 0.504 e. The minimum Gasteiger partial charge on any atom is -0.504 e. The van der Waals surface area contributed by atoms with E-state index < -0.39 is 18.2 Å². The van der Waals surface area contributed by atoms with E-state index in [0.29, 0.717) is 22.2 Å². The standard InChI is InChI=1S/C33H31Cl2N5O5/c1-37(33(45)36-16-21-9-11-25(34)26(35)13-21)39-19-31(43)40-27(14-20-10-12-28(41)29(42)15-20)32(44)38(18-30(39)40)17-23-7-4-6-22-5-2-3-8-24(22)23/h2-13,15,27,30,41-42H,14,16-19H2,1H3,(H,36,45)/t27-,30+/m0/s1. The van der Waals surface area contributed by atoms with E-state index in [9.17, 15) is 24.6 Å². The molecule has 232 valence electrons. The van der Waals surface area contributed by atoms with Crippen molar-refractivity contribution in [3.8, 4) is 11.5 Å². The number of carbonyl (C=O) groups is 3. The molecule has 12 heteroatoms. The molecular weight excluding hydrogens is 617 g/mol. The number of amides is 4. The number of hydrazine groups is 1. The molecule has 0 unspecified atom stereocenters. The van der Waals surface area contributed by atoms with E-state index in [4.69, 9.17) is 23.2 Å². The molecule has 0 aliphatic carbocycles. The third-order valence-electron chi connectivity index (χ3n) is 8.38. The molecule has 2 aliphatic heterocycles. The predicted octanol–water partition coefficient (Wildman–Crippen LogP) is 4.74. The van der Waals surface area contributed by atoms with Crippen LogP contribution in [0, 0.1) is 0 Å². The van der Waals surface area contributed by atoms with E-state index in [-0.39, 0.29) is 49.4 Å². The highest BCUT2D eigenvalue weighted by Gasteiger charge is 2.51. The molecule has 10 nitrogen and oxygen atoms in total. The number of piperazine rings is 1. The van der Waals surface area contributed by atoms with Gasteiger partial charge in [0.2, 0.25) is 11.8 Å². The van der Waals surface area contributed by atoms with E-state index in [2.05, 4.69) is 5.32 Å². The second kappa shape index (κ2) is 12.5. The summed E-state index contributed by atoms with van der Waals surface area (Å²) in [5.41, 5.74) is 2.29. The molecule has 3 N–H and O–H groups in total. The highest BCUT2D eigenvalue weighted by molar-refractivity contribution is 6.42. The smallest absolute Gasteiger partial charge is 0.332 e. The highest BCUT2D eigenvalue weighted by Crippen LogP contribution is 2.32. The highest BCUT2D eigenvalue weighted by atomic mass is 35.5. The molecule has 4 aromatic rings. The summed E-state index contributed by atoms with van der Waals surface area (Å²) in [5.74, 6) is -1.13. The zero-order valence-corrected chi connectivity index (χ0v) is 25.9. The van der Waals surface area contributed by atoms with Gasteiger partial charge in [0.05, 0.1) is 23.1 Å². The first kappa shape index (κ1) is 30.5. The number of halogens is 2. The van der Waals surface area contributed by atoms with Crippen LogP contribution in [0.3, 0.4) is 0 Å². The van der Waals surface area contributed by atoms with Gasteiger partial charge in [-0.15, -0.1) is 0 Å². The van der Waals surface area contributed by atoms with Crippen molar-refractivity contribution < 1.29 is 24.6 Å². The van der Waals surface area contributed by atoms with Gasteiger partial charge in [0.15, 0.2) is 11.5 Å². The molecule has 6 rings (SSSR count). The van der Waals surface area contributed by atoms with E-state index >= 15 is 0 Å². The number of nitrogens with one attached hydrogen (secondary N) is 1. The Labute approximate surface area is 269 Å². The number of phenols is 2. The number of aromatic hydroxyl groups is 2. The number of fused-ring (bicyclic) bond motifs is 2. The second-order valence-electron chi connectivity index (χ2n) is 11.2. The number of hydrogen-bond donors (Lipinski definition) is 3. The van der Waals surface area contributed by atoms with Crippen LogP contribution >= 0.6 is 23.2 Å². The predicted molar refractivity (Wildman–Crippen MR) is 170 cm³/mol. The Morgan fingerprint density at radius 2 is 1.69 bits per heavy atom. The van der Waals surface area contributed by atoms with Gasteiger partial charge in [0, 0.05) is 26.6 Å². The maximum Gasteiger partial charge on any atom is 0.332 e. The lowest BCUT2D eigenvalue weighted by Gasteiger charge is -2.46. The molecule has 2 heterocycles. The van der Waals surface area contributed by atoms with Crippen LogP contribution in [-0.2, 0) is 29.1 Å². The Hall–Kier alpha value is -4.51. The molecule has 2 saturated heterocycles. The fourth-order valence-corrected chi connectivity index (χ4v) is 6.38. The van der Waals surface area contributed by atoms with Gasteiger partial charge in [-0.2, -0.15) is 5.01 Å². The van der Waals surface area contributed by atoms with Crippen LogP contribution in [0.4, 0.5) is 4.79 Å². The van der Waals surface area contributed by atoms with Crippen molar-refractivity contribution in [1.82, 2.24) is 25.1 Å². The fourth-order valence-electron chi connectivity index (χ4n) is 6.06. The van der Waals surface area contributed by atoms with Crippen LogP contribution in [0.25, 0.3) is 10.8 Å². The molecule has 2 fully saturated rings. The summed E-state index contributed by atoms with van der Waals surface area (Å²) < 4.78 is 0. The number of nitrogens with zero attached hydrogens (tertiary/aromatic N) is 4. The number of benzene rings is 4. The first-order valence-electron chi connectivity index (χ1n) is 14.4. The zero-order chi connectivity index (χ0) is 31.8. The Morgan fingerprint density at radius 1 is 0.933 bits per heavy atom. The molecule has 0 aromatic heterocycles. The zero-order valence-electron chi connectivity index (χ0n) is 24.4. The minimum atomic E-state index is -0.896. The number of rotatable bonds is 7. The Morgan fingerprint density at radius 3 is 2.47 bits per heavy atom. The Kier molecular flexibility index (Phi) is 8.46. The molecule has 4 amide bonds. The van der Waals surface area contributed by atoms with Crippen molar-refractivity contribution in [3.63, 3.8) is 0 Å². The summed E-state index contributed by atoms with van der Waals surface area (Å²) >= 11 is 12.1. The first-order valence-corrected chi connectivity index (χ1v) is 15.2. The van der Waals surface area contributed by atoms with Gasteiger partial charge in [0.1, 0.15) is 12.2 Å². The molecule has 45 heavy (non-hydrogen) atoms. The number of urea groups is 1. The normalized spacial score (nSPS) is 18.4. The fraction of sp³-hybridized carbons (Fsp3) is 0.242. The van der Waals surface area contributed by atoms with Gasteiger partial charge in [-0.3, -0.25) is 14.6 Å². The lowest BCUT2D eigenvalue weighted by molar-refractivity contribution is -0.157. The van der Waals surface area contributed by atoms with Gasteiger partial charge in [0.25, 0.3) is 0 Å². The molecule has 2 atom stereocenters. The van der Waals surface area contributed by atoms with Gasteiger partial charge >= 0.3 is 6.03 Å². The monoisotopic (exact) mass is 647 g/mol. The van der Waals surface area contributed by atoms with Gasteiger partial charge in [-0.1, -0.05) is 77.8 Å². The maximum atomic E-state index is 14.1. The number of carbonyl (C=O) groups excluding carboxylic acids is 3. The van der Waals surface area contributed by atoms with Crippen molar-refractivity contribution in [3.05, 3.63) is 106 Å². The van der Waals surface area contributed by atoms with Crippen LogP contribution < -0.4 is 5.32 Å². The topological polar surface area (TPSA) is 117 Å². The average Bonchev–Trinajstić information content (AvgIpc) is 3.36. The van der Waals surface area contributed by atoms with Crippen molar-refractivity contribution in [2.24, 2.45) is 0 Å². The molecule has 0 bridgehead atoms. The molecule has 4 aromatic carbocycles. The molecule has 0 saturated carbocycles. The SMILES string of the molecule is CN(C(=O)NCc1ccc(Cl)c(Cl)c1)N1CC(=O)N2[C@@H](Cc3ccc(O)c(O)c3)C(=O)N(Cc3cccc4ccccc34)C[C@@H]21. The van der Waals surface area contributed by atoms with Gasteiger partial charge in [-0.05, 0) is 51.7 Å². The molecule has 0 radical (unpaired) electrons. The van der Waals surface area contributed by atoms with E-state index in [1.165, 1.54) is 22.0 Å². The van der Waals surface area contributed by atoms with Crippen molar-refractivity contribution in [2.75, 3.05) is 20.1 Å². The number of hydrogen-bond acceptors (Lipinski definition) is 6. The summed E-state index contributed by atoms with van der Waals surface area (Å²) in [5, 5.41) is 28.7. The van der Waals surface area contributed by atoms with E-state index in [1.807, 2.05) is 42.5 Å². The number of phenolic OH excluding ortho intramolecular Hbond substituents is 2. The molecular formula is C33H31Cl2N5O5. The van der Waals surface area contributed by atoms with Crippen LogP contribution in [-0.4, -0.2) is 80.2 Å². The van der Waals surface area contributed by atoms with Crippen LogP contribution in [0.5, 0.6) is 11.5 Å². The van der Waals surface area contributed by atoms with Crippen LogP contribution in [0.1, 0.15) is 16.7 Å². The third-order valence-corrected chi connectivity index (χ3v) is 9.12. The average molecular weight is 649 g/mol. The Balaban J connectivity index is 1.28. The summed E-state index contributed by atoms with van der Waals surface area (Å²) in [6.45, 7) is 0.565. The molecule has 2 aliphatic rings. The maximum absolute atomic E-state index is 14.1. The van der Waals surface area contributed by atoms with Gasteiger partial charge < -0.3 is 25.3 Å². The van der Waals surface area contributed by atoms with Crippen molar-refractivity contribution in [2.45, 2.75) is 31.7 Å². The lowest BCUT2D eigenvalue weighted by atomic mass is 9.98. The van der Waals surface area contributed by atoms with Crippen molar-refractivity contribution >= 4 is 51.8 Å². The molecule has 0 spiro atoms. The van der Waals surface area contributed by atoms with E-state index in [1.54, 1.807) is 41.2 Å². The van der Waals surface area contributed by atoms with Crippen LogP contribution in [0.15, 0.2) is 78.9 Å². The van der Waals surface area contributed by atoms with Crippen molar-refractivity contribution in [1.29, 1.82) is 0 Å².